The molecule has 3 unspecified atom stereocenters. The van der Waals surface area contributed by atoms with Crippen LogP contribution in [0.4, 0.5) is 0 Å². The molecule has 2 N–H and O–H groups in total. The van der Waals surface area contributed by atoms with Crippen LogP contribution in [0.5, 0.6) is 0 Å². The van der Waals surface area contributed by atoms with Crippen LogP contribution in [0.3, 0.4) is 0 Å². The number of ketones is 1. The maximum Gasteiger partial charge on any atom is 0.302 e. The van der Waals surface area contributed by atoms with Crippen LogP contribution in [-0.4, -0.2) is 41.0 Å². The van der Waals surface area contributed by atoms with Crippen molar-refractivity contribution in [2.45, 2.75) is 226 Å². The average Bonchev–Trinajstić information content (AvgIpc) is 2.99. The Kier molecular flexibility index (Phi) is 30.2. The van der Waals surface area contributed by atoms with Gasteiger partial charge in [-0.25, -0.2) is 0 Å². The van der Waals surface area contributed by atoms with Gasteiger partial charge in [-0.1, -0.05) is 168 Å². The van der Waals surface area contributed by atoms with Gasteiger partial charge in [0.1, 0.15) is 12.2 Å². The van der Waals surface area contributed by atoms with Gasteiger partial charge in [0.25, 0.3) is 0 Å². The third-order valence-corrected chi connectivity index (χ3v) is 9.08. The highest BCUT2D eigenvalue weighted by Crippen LogP contribution is 2.18. The number of hydrogen-bond donors (Lipinski definition) is 2. The molecule has 0 aliphatic carbocycles. The quantitative estimate of drug-likeness (QED) is 0.0552. The average molecular weight is 638 g/mol. The van der Waals surface area contributed by atoms with Gasteiger partial charge in [0.05, 0.1) is 6.04 Å². The summed E-state index contributed by atoms with van der Waals surface area (Å²) in [4.78, 5) is 36.8. The van der Waals surface area contributed by atoms with Gasteiger partial charge in [-0.05, 0) is 32.1 Å². The van der Waals surface area contributed by atoms with E-state index in [-0.39, 0.29) is 5.91 Å². The van der Waals surface area contributed by atoms with E-state index in [1.165, 1.54) is 136 Å². The van der Waals surface area contributed by atoms with Gasteiger partial charge in [0, 0.05) is 13.3 Å². The van der Waals surface area contributed by atoms with Crippen LogP contribution in [0.15, 0.2) is 0 Å². The van der Waals surface area contributed by atoms with Crippen LogP contribution in [0.25, 0.3) is 0 Å². The molecule has 45 heavy (non-hydrogen) atoms. The molecule has 6 heteroatoms. The lowest BCUT2D eigenvalue weighted by atomic mass is 9.96. The Morgan fingerprint density at radius 3 is 1.33 bits per heavy atom. The van der Waals surface area contributed by atoms with Crippen molar-refractivity contribution in [2.24, 2.45) is 5.92 Å². The number of esters is 1. The van der Waals surface area contributed by atoms with Gasteiger partial charge in [-0.3, -0.25) is 14.4 Å². The molecule has 0 saturated heterocycles. The first kappa shape index (κ1) is 43.6. The summed E-state index contributed by atoms with van der Waals surface area (Å²) < 4.78 is 5.55. The Morgan fingerprint density at radius 2 is 0.956 bits per heavy atom. The predicted octanol–water partition coefficient (Wildman–Crippen LogP) is 10.6. The summed E-state index contributed by atoms with van der Waals surface area (Å²) in [5.74, 6) is -0.294. The lowest BCUT2D eigenvalue weighted by Gasteiger charge is -2.30. The summed E-state index contributed by atoms with van der Waals surface area (Å²) in [6, 6.07) is -0.916. The zero-order valence-corrected chi connectivity index (χ0v) is 30.5. The van der Waals surface area contributed by atoms with Gasteiger partial charge in [-0.2, -0.15) is 0 Å². The molecule has 3 atom stereocenters. The first-order chi connectivity index (χ1) is 21.7. The number of nitrogens with one attached hydrogen (secondary N) is 1. The summed E-state index contributed by atoms with van der Waals surface area (Å²) in [5.41, 5.74) is 0. The number of carbonyl (C=O) groups is 3. The largest absolute Gasteiger partial charge is 0.460 e. The maximum atomic E-state index is 12.8. The van der Waals surface area contributed by atoms with Crippen molar-refractivity contribution in [1.29, 1.82) is 0 Å². The second-order valence-corrected chi connectivity index (χ2v) is 14.1. The number of rotatable bonds is 33. The van der Waals surface area contributed by atoms with Crippen molar-refractivity contribution in [2.75, 3.05) is 0 Å². The topological polar surface area (TPSA) is 92.7 Å². The molecule has 0 radical (unpaired) electrons. The van der Waals surface area contributed by atoms with Crippen LogP contribution in [0.1, 0.15) is 208 Å². The normalized spacial score (nSPS) is 13.5. The second-order valence-electron chi connectivity index (χ2n) is 14.1. The first-order valence-corrected chi connectivity index (χ1v) is 19.3. The lowest BCUT2D eigenvalue weighted by Crippen LogP contribution is -2.54. The SMILES string of the molecule is CCCCCCCCCCCCCCCCCC(=O)NC(C(CCCCCCCCCCCC(C)C)OC(C)=O)C(O)C(C)=O. The van der Waals surface area contributed by atoms with Crippen LogP contribution >= 0.6 is 0 Å². The molecule has 0 bridgehead atoms. The minimum atomic E-state index is -1.39. The number of Topliss-reactive ketones (excluding diaryl/α,β-unsaturated/α-hetero) is 1. The molecule has 6 nitrogen and oxygen atoms in total. The van der Waals surface area contributed by atoms with E-state index >= 15 is 0 Å². The van der Waals surface area contributed by atoms with E-state index in [9.17, 15) is 19.5 Å². The Balaban J connectivity index is 4.27. The Hall–Kier alpha value is -1.43. The molecule has 0 aromatic heterocycles. The van der Waals surface area contributed by atoms with Gasteiger partial charge in [0.15, 0.2) is 5.78 Å². The number of aliphatic hydroxyl groups excluding tert-OH is 1. The fraction of sp³-hybridized carbons (Fsp3) is 0.923. The lowest BCUT2D eigenvalue weighted by molar-refractivity contribution is -0.153. The fourth-order valence-electron chi connectivity index (χ4n) is 6.20. The molecule has 0 spiro atoms. The monoisotopic (exact) mass is 638 g/mol. The van der Waals surface area contributed by atoms with Gasteiger partial charge in [0.2, 0.25) is 5.91 Å². The van der Waals surface area contributed by atoms with E-state index in [1.807, 2.05) is 0 Å². The van der Waals surface area contributed by atoms with Crippen molar-refractivity contribution in [3.05, 3.63) is 0 Å². The van der Waals surface area contributed by atoms with E-state index in [4.69, 9.17) is 4.74 Å². The van der Waals surface area contributed by atoms with Crippen LogP contribution in [0.2, 0.25) is 0 Å². The third-order valence-electron chi connectivity index (χ3n) is 9.08. The highest BCUT2D eigenvalue weighted by Gasteiger charge is 2.34. The van der Waals surface area contributed by atoms with E-state index < -0.39 is 30.0 Å². The molecule has 0 aromatic rings. The molecular formula is C39H75NO5. The van der Waals surface area contributed by atoms with Gasteiger partial charge in [-0.15, -0.1) is 0 Å². The van der Waals surface area contributed by atoms with Crippen LogP contribution < -0.4 is 5.32 Å². The molecule has 0 saturated carbocycles. The van der Waals surface area contributed by atoms with E-state index in [1.54, 1.807) is 0 Å². The standard InChI is InChI=1S/C39H75NO5/c1-6-7-8-9-10-11-12-13-14-15-16-20-23-26-29-32-37(43)40-38(39(44)34(4)41)36(45-35(5)42)31-28-25-22-19-17-18-21-24-27-30-33(2)3/h33,36,38-39,44H,6-32H2,1-5H3,(H,40,43). The summed E-state index contributed by atoms with van der Waals surface area (Å²) in [6.07, 6.45) is 29.7. The number of carbonyl (C=O) groups excluding carboxylic acids is 3. The number of aliphatic hydroxyl groups is 1. The zero-order valence-electron chi connectivity index (χ0n) is 30.5. The van der Waals surface area contributed by atoms with Crippen molar-refractivity contribution < 1.29 is 24.2 Å². The Labute approximate surface area is 279 Å². The summed E-state index contributed by atoms with van der Waals surface area (Å²) >= 11 is 0. The predicted molar refractivity (Wildman–Crippen MR) is 189 cm³/mol. The van der Waals surface area contributed by atoms with Gasteiger partial charge >= 0.3 is 5.97 Å². The summed E-state index contributed by atoms with van der Waals surface area (Å²) in [7, 11) is 0. The summed E-state index contributed by atoms with van der Waals surface area (Å²) in [6.45, 7) is 9.48. The maximum absolute atomic E-state index is 12.8. The summed E-state index contributed by atoms with van der Waals surface area (Å²) in [5, 5.41) is 13.5. The Morgan fingerprint density at radius 1 is 0.578 bits per heavy atom. The third kappa shape index (κ3) is 28.5. The molecule has 0 fully saturated rings. The fourth-order valence-corrected chi connectivity index (χ4v) is 6.20. The molecule has 0 rings (SSSR count). The molecule has 0 heterocycles. The minimum Gasteiger partial charge on any atom is -0.460 e. The molecule has 0 aromatic carbocycles. The van der Waals surface area contributed by atoms with Crippen LogP contribution in [-0.2, 0) is 19.1 Å². The van der Waals surface area contributed by atoms with Crippen molar-refractivity contribution in [3.8, 4) is 0 Å². The molecule has 1 amide bonds. The second kappa shape index (κ2) is 31.2. The first-order valence-electron chi connectivity index (χ1n) is 19.3. The number of ether oxygens (including phenoxy) is 1. The zero-order chi connectivity index (χ0) is 33.5. The molecule has 0 aliphatic heterocycles. The smallest absolute Gasteiger partial charge is 0.302 e. The minimum absolute atomic E-state index is 0.194. The molecular weight excluding hydrogens is 562 g/mol. The van der Waals surface area contributed by atoms with Gasteiger partial charge < -0.3 is 15.2 Å². The van der Waals surface area contributed by atoms with Crippen molar-refractivity contribution >= 4 is 17.7 Å². The van der Waals surface area contributed by atoms with Crippen molar-refractivity contribution in [3.63, 3.8) is 0 Å². The number of hydrogen-bond acceptors (Lipinski definition) is 5. The van der Waals surface area contributed by atoms with E-state index in [0.717, 1.165) is 44.4 Å². The van der Waals surface area contributed by atoms with E-state index in [2.05, 4.69) is 26.1 Å². The number of amides is 1. The van der Waals surface area contributed by atoms with Crippen molar-refractivity contribution in [1.82, 2.24) is 5.32 Å². The van der Waals surface area contributed by atoms with E-state index in [0.29, 0.717) is 12.8 Å². The Bertz CT molecular complexity index is 710. The molecule has 0 aliphatic rings. The van der Waals surface area contributed by atoms with Crippen LogP contribution in [0, 0.1) is 5.92 Å². The number of unbranched alkanes of at least 4 members (excludes halogenated alkanes) is 22. The highest BCUT2D eigenvalue weighted by molar-refractivity contribution is 5.83. The highest BCUT2D eigenvalue weighted by atomic mass is 16.5. The molecule has 266 valence electrons.